The number of amides is 1. The number of anilines is 1. The lowest BCUT2D eigenvalue weighted by Gasteiger charge is -2.25. The zero-order chi connectivity index (χ0) is 14.3. The summed E-state index contributed by atoms with van der Waals surface area (Å²) < 4.78 is 0. The monoisotopic (exact) mass is 262 g/mol. The number of nitrogen functional groups attached to an aromatic ring is 1. The van der Waals surface area contributed by atoms with Crippen LogP contribution in [0.25, 0.3) is 0 Å². The summed E-state index contributed by atoms with van der Waals surface area (Å²) in [5.41, 5.74) is 7.64. The first-order chi connectivity index (χ1) is 9.08. The van der Waals surface area contributed by atoms with Crippen molar-refractivity contribution in [2.45, 2.75) is 46.6 Å². The Hall–Kier alpha value is -1.51. The Bertz CT molecular complexity index is 403. The van der Waals surface area contributed by atoms with Crippen molar-refractivity contribution in [3.8, 4) is 0 Å². The smallest absolute Gasteiger partial charge is 0.225 e. The van der Waals surface area contributed by atoms with Crippen LogP contribution in [-0.4, -0.2) is 17.4 Å². The summed E-state index contributed by atoms with van der Waals surface area (Å²) in [4.78, 5) is 14.4. The second-order valence-corrected chi connectivity index (χ2v) is 5.19. The van der Waals surface area contributed by atoms with Gasteiger partial charge in [-0.3, -0.25) is 4.79 Å². The van der Waals surface area contributed by atoms with Crippen molar-refractivity contribution in [1.82, 2.24) is 4.90 Å². The van der Waals surface area contributed by atoms with E-state index >= 15 is 0 Å². The zero-order valence-electron chi connectivity index (χ0n) is 12.4. The molecular weight excluding hydrogens is 236 g/mol. The van der Waals surface area contributed by atoms with Gasteiger partial charge in [-0.05, 0) is 30.5 Å². The third-order valence-corrected chi connectivity index (χ3v) is 3.27. The van der Waals surface area contributed by atoms with Gasteiger partial charge in [-0.25, -0.2) is 0 Å². The average Bonchev–Trinajstić information content (AvgIpc) is 2.38. The first kappa shape index (κ1) is 15.5. The van der Waals surface area contributed by atoms with Gasteiger partial charge in [0.2, 0.25) is 5.91 Å². The van der Waals surface area contributed by atoms with Crippen LogP contribution >= 0.6 is 0 Å². The summed E-state index contributed by atoms with van der Waals surface area (Å²) in [6.07, 6.45) is 2.98. The fourth-order valence-electron chi connectivity index (χ4n) is 2.32. The molecule has 1 rings (SSSR count). The summed E-state index contributed by atoms with van der Waals surface area (Å²) >= 11 is 0. The number of carbonyl (C=O) groups is 1. The fourth-order valence-corrected chi connectivity index (χ4v) is 2.32. The zero-order valence-corrected chi connectivity index (χ0v) is 12.4. The molecule has 1 unspecified atom stereocenters. The number of benzene rings is 1. The van der Waals surface area contributed by atoms with Crippen molar-refractivity contribution < 1.29 is 4.79 Å². The molecule has 1 amide bonds. The van der Waals surface area contributed by atoms with E-state index in [0.717, 1.165) is 37.1 Å². The summed E-state index contributed by atoms with van der Waals surface area (Å²) in [6.45, 7) is 7.71. The maximum Gasteiger partial charge on any atom is 0.225 e. The lowest BCUT2D eigenvalue weighted by molar-refractivity contribution is -0.135. The van der Waals surface area contributed by atoms with E-state index in [1.807, 2.05) is 36.1 Å². The van der Waals surface area contributed by atoms with E-state index in [-0.39, 0.29) is 11.8 Å². The predicted molar refractivity (Wildman–Crippen MR) is 80.6 cm³/mol. The molecule has 2 N–H and O–H groups in total. The number of rotatable bonds is 7. The highest BCUT2D eigenvalue weighted by Crippen LogP contribution is 2.15. The first-order valence-electron chi connectivity index (χ1n) is 7.21. The standard InChI is InChI=1S/C16H26N2O/c1-4-7-13(3)16(19)18(10-5-2)12-14-8-6-9-15(17)11-14/h6,8-9,11,13H,4-5,7,10,12,17H2,1-3H3. The fraction of sp³-hybridized carbons (Fsp3) is 0.562. The van der Waals surface area contributed by atoms with E-state index in [0.29, 0.717) is 6.54 Å². The van der Waals surface area contributed by atoms with E-state index in [2.05, 4.69) is 13.8 Å². The molecule has 0 aliphatic rings. The second-order valence-electron chi connectivity index (χ2n) is 5.19. The van der Waals surface area contributed by atoms with Crippen LogP contribution in [0.4, 0.5) is 5.69 Å². The molecule has 1 aromatic rings. The second kappa shape index (κ2) is 7.82. The predicted octanol–water partition coefficient (Wildman–Crippen LogP) is 3.44. The lowest BCUT2D eigenvalue weighted by atomic mass is 10.0. The minimum atomic E-state index is 0.109. The maximum absolute atomic E-state index is 12.4. The average molecular weight is 262 g/mol. The topological polar surface area (TPSA) is 46.3 Å². The van der Waals surface area contributed by atoms with Crippen LogP contribution in [0.3, 0.4) is 0 Å². The summed E-state index contributed by atoms with van der Waals surface area (Å²) in [7, 11) is 0. The Kier molecular flexibility index (Phi) is 6.40. The molecule has 0 aliphatic carbocycles. The minimum absolute atomic E-state index is 0.109. The SMILES string of the molecule is CCCC(C)C(=O)N(CCC)Cc1cccc(N)c1. The van der Waals surface area contributed by atoms with Crippen molar-refractivity contribution in [3.63, 3.8) is 0 Å². The van der Waals surface area contributed by atoms with Gasteiger partial charge in [0.05, 0.1) is 0 Å². The molecule has 0 heterocycles. The Morgan fingerprint density at radius 1 is 1.32 bits per heavy atom. The third kappa shape index (κ3) is 4.93. The van der Waals surface area contributed by atoms with Crippen LogP contribution in [0.15, 0.2) is 24.3 Å². The van der Waals surface area contributed by atoms with Crippen LogP contribution in [0.1, 0.15) is 45.6 Å². The quantitative estimate of drug-likeness (QED) is 0.765. The molecule has 0 saturated carbocycles. The Morgan fingerprint density at radius 2 is 2.05 bits per heavy atom. The highest BCUT2D eigenvalue weighted by atomic mass is 16.2. The molecule has 3 nitrogen and oxygen atoms in total. The van der Waals surface area contributed by atoms with E-state index in [1.165, 1.54) is 0 Å². The van der Waals surface area contributed by atoms with E-state index in [1.54, 1.807) is 0 Å². The van der Waals surface area contributed by atoms with Crippen LogP contribution in [0.2, 0.25) is 0 Å². The normalized spacial score (nSPS) is 12.2. The molecule has 3 heteroatoms. The van der Waals surface area contributed by atoms with Crippen molar-refractivity contribution >= 4 is 11.6 Å². The maximum atomic E-state index is 12.4. The van der Waals surface area contributed by atoms with Gasteiger partial charge in [-0.1, -0.05) is 39.3 Å². The minimum Gasteiger partial charge on any atom is -0.399 e. The van der Waals surface area contributed by atoms with Crippen molar-refractivity contribution in [1.29, 1.82) is 0 Å². The van der Waals surface area contributed by atoms with Crippen LogP contribution in [0.5, 0.6) is 0 Å². The van der Waals surface area contributed by atoms with Crippen LogP contribution in [0, 0.1) is 5.92 Å². The number of carbonyl (C=O) groups excluding carboxylic acids is 1. The molecule has 0 bridgehead atoms. The molecule has 0 fully saturated rings. The van der Waals surface area contributed by atoms with Crippen molar-refractivity contribution in [2.24, 2.45) is 5.92 Å². The Morgan fingerprint density at radius 3 is 2.63 bits per heavy atom. The molecule has 1 aromatic carbocycles. The van der Waals surface area contributed by atoms with Crippen LogP contribution < -0.4 is 5.73 Å². The molecule has 0 aromatic heterocycles. The van der Waals surface area contributed by atoms with Gasteiger partial charge < -0.3 is 10.6 Å². The van der Waals surface area contributed by atoms with E-state index < -0.39 is 0 Å². The van der Waals surface area contributed by atoms with Gasteiger partial charge in [0, 0.05) is 24.7 Å². The number of hydrogen-bond acceptors (Lipinski definition) is 2. The summed E-state index contributed by atoms with van der Waals surface area (Å²) in [5.74, 6) is 0.365. The first-order valence-corrected chi connectivity index (χ1v) is 7.21. The Balaban J connectivity index is 2.74. The van der Waals surface area contributed by atoms with Gasteiger partial charge >= 0.3 is 0 Å². The number of hydrogen-bond donors (Lipinski definition) is 1. The largest absolute Gasteiger partial charge is 0.399 e. The molecule has 0 radical (unpaired) electrons. The molecule has 1 atom stereocenters. The van der Waals surface area contributed by atoms with Gasteiger partial charge in [0.15, 0.2) is 0 Å². The van der Waals surface area contributed by atoms with E-state index in [4.69, 9.17) is 5.73 Å². The van der Waals surface area contributed by atoms with Crippen molar-refractivity contribution in [3.05, 3.63) is 29.8 Å². The number of nitrogens with zero attached hydrogens (tertiary/aromatic N) is 1. The van der Waals surface area contributed by atoms with Crippen molar-refractivity contribution in [2.75, 3.05) is 12.3 Å². The van der Waals surface area contributed by atoms with Gasteiger partial charge in [0.1, 0.15) is 0 Å². The molecule has 0 spiro atoms. The van der Waals surface area contributed by atoms with Gasteiger partial charge in [0.25, 0.3) is 0 Å². The molecule has 0 aliphatic heterocycles. The molecule has 19 heavy (non-hydrogen) atoms. The summed E-state index contributed by atoms with van der Waals surface area (Å²) in [6, 6.07) is 7.78. The molecule has 106 valence electrons. The molecular formula is C16H26N2O. The van der Waals surface area contributed by atoms with E-state index in [9.17, 15) is 4.79 Å². The number of nitrogens with two attached hydrogens (primary N) is 1. The third-order valence-electron chi connectivity index (χ3n) is 3.27. The Labute approximate surface area is 116 Å². The lowest BCUT2D eigenvalue weighted by Crippen LogP contribution is -2.35. The highest BCUT2D eigenvalue weighted by molar-refractivity contribution is 5.78. The van der Waals surface area contributed by atoms with Gasteiger partial charge in [-0.15, -0.1) is 0 Å². The summed E-state index contributed by atoms with van der Waals surface area (Å²) in [5, 5.41) is 0. The highest BCUT2D eigenvalue weighted by Gasteiger charge is 2.19. The molecule has 0 saturated heterocycles. The van der Waals surface area contributed by atoms with Gasteiger partial charge in [-0.2, -0.15) is 0 Å². The van der Waals surface area contributed by atoms with Crippen LogP contribution in [-0.2, 0) is 11.3 Å².